The van der Waals surface area contributed by atoms with Gasteiger partial charge in [0.2, 0.25) is 0 Å². The highest BCUT2D eigenvalue weighted by Gasteiger charge is 2.08. The third kappa shape index (κ3) is 4.85. The van der Waals surface area contributed by atoms with E-state index in [1.54, 1.807) is 36.5 Å². The number of aryl methyl sites for hydroxylation is 1. The van der Waals surface area contributed by atoms with Gasteiger partial charge in [0.1, 0.15) is 0 Å². The number of amides is 2. The van der Waals surface area contributed by atoms with E-state index in [9.17, 15) is 9.59 Å². The van der Waals surface area contributed by atoms with Crippen molar-refractivity contribution in [3.05, 3.63) is 113 Å². The molecule has 0 radical (unpaired) electrons. The number of anilines is 1. The number of hydrogen-bond donors (Lipinski definition) is 2. The zero-order valence-corrected chi connectivity index (χ0v) is 17.0. The largest absolute Gasteiger partial charge is 0.322 e. The van der Waals surface area contributed by atoms with Crippen LogP contribution in [-0.2, 0) is 0 Å². The smallest absolute Gasteiger partial charge is 0.271 e. The van der Waals surface area contributed by atoms with Gasteiger partial charge < -0.3 is 5.32 Å². The van der Waals surface area contributed by atoms with E-state index >= 15 is 0 Å². The van der Waals surface area contributed by atoms with Gasteiger partial charge in [0.25, 0.3) is 11.8 Å². The molecule has 0 bridgehead atoms. The Bertz CT molecular complexity index is 1270. The van der Waals surface area contributed by atoms with Crippen LogP contribution in [0.5, 0.6) is 0 Å². The fourth-order valence-electron chi connectivity index (χ4n) is 3.28. The Labute approximate surface area is 180 Å². The van der Waals surface area contributed by atoms with E-state index < -0.39 is 0 Å². The van der Waals surface area contributed by atoms with E-state index in [0.717, 1.165) is 21.9 Å². The Balaban J connectivity index is 1.39. The number of hydrogen-bond acceptors (Lipinski definition) is 3. The summed E-state index contributed by atoms with van der Waals surface area (Å²) in [6.45, 7) is 1.94. The molecule has 31 heavy (non-hydrogen) atoms. The van der Waals surface area contributed by atoms with Crippen molar-refractivity contribution >= 4 is 34.5 Å². The minimum Gasteiger partial charge on any atom is -0.322 e. The number of nitrogens with one attached hydrogen (secondary N) is 2. The minimum atomic E-state index is -0.326. The van der Waals surface area contributed by atoms with Crippen molar-refractivity contribution < 1.29 is 9.59 Å². The van der Waals surface area contributed by atoms with E-state index in [0.29, 0.717) is 16.8 Å². The summed E-state index contributed by atoms with van der Waals surface area (Å²) >= 11 is 0. The first-order valence-electron chi connectivity index (χ1n) is 9.89. The van der Waals surface area contributed by atoms with E-state index in [1.165, 1.54) is 0 Å². The molecule has 0 heterocycles. The molecule has 0 atom stereocenters. The maximum absolute atomic E-state index is 12.4. The summed E-state index contributed by atoms with van der Waals surface area (Å²) in [6.07, 6.45) is 1.64. The summed E-state index contributed by atoms with van der Waals surface area (Å²) < 4.78 is 0. The second kappa shape index (κ2) is 9.05. The Kier molecular flexibility index (Phi) is 5.85. The highest BCUT2D eigenvalue weighted by atomic mass is 16.2. The molecule has 0 saturated heterocycles. The zero-order chi connectivity index (χ0) is 21.6. The van der Waals surface area contributed by atoms with Crippen LogP contribution in [0.4, 0.5) is 5.69 Å². The molecule has 0 aliphatic rings. The molecule has 0 spiro atoms. The van der Waals surface area contributed by atoms with Crippen LogP contribution in [0.3, 0.4) is 0 Å². The molecule has 4 rings (SSSR count). The van der Waals surface area contributed by atoms with Crippen LogP contribution in [0.25, 0.3) is 10.8 Å². The first-order valence-corrected chi connectivity index (χ1v) is 9.89. The molecule has 4 aromatic carbocycles. The van der Waals surface area contributed by atoms with Crippen molar-refractivity contribution in [1.29, 1.82) is 0 Å². The van der Waals surface area contributed by atoms with Crippen LogP contribution >= 0.6 is 0 Å². The molecule has 5 heteroatoms. The van der Waals surface area contributed by atoms with Crippen LogP contribution in [0.2, 0.25) is 0 Å². The average Bonchev–Trinajstić information content (AvgIpc) is 2.79. The van der Waals surface area contributed by atoms with Crippen molar-refractivity contribution in [2.24, 2.45) is 5.10 Å². The summed E-state index contributed by atoms with van der Waals surface area (Å²) in [5.41, 5.74) is 6.14. The lowest BCUT2D eigenvalue weighted by Crippen LogP contribution is -2.18. The zero-order valence-electron chi connectivity index (χ0n) is 17.0. The molecule has 5 nitrogen and oxygen atoms in total. The Morgan fingerprint density at radius 2 is 1.52 bits per heavy atom. The van der Waals surface area contributed by atoms with Crippen LogP contribution < -0.4 is 10.7 Å². The van der Waals surface area contributed by atoms with Gasteiger partial charge in [-0.15, -0.1) is 0 Å². The van der Waals surface area contributed by atoms with Crippen molar-refractivity contribution in [3.63, 3.8) is 0 Å². The first-order chi connectivity index (χ1) is 15.1. The first kappa shape index (κ1) is 20.0. The second-order valence-corrected chi connectivity index (χ2v) is 7.17. The van der Waals surface area contributed by atoms with E-state index in [2.05, 4.69) is 15.8 Å². The molecular formula is C26H21N3O2. The monoisotopic (exact) mass is 407 g/mol. The molecule has 0 unspecified atom stereocenters. The Morgan fingerprint density at radius 1 is 0.774 bits per heavy atom. The summed E-state index contributed by atoms with van der Waals surface area (Å²) in [5, 5.41) is 9.10. The SMILES string of the molecule is Cc1cccc(C(=O)Nc2ccc(C(=O)N/N=C/c3cccc4ccccc34)cc2)c1. The quantitative estimate of drug-likeness (QED) is 0.354. The second-order valence-electron chi connectivity index (χ2n) is 7.17. The molecule has 0 aromatic heterocycles. The summed E-state index contributed by atoms with van der Waals surface area (Å²) in [5.74, 6) is -0.520. The molecule has 152 valence electrons. The summed E-state index contributed by atoms with van der Waals surface area (Å²) in [7, 11) is 0. The molecule has 0 aliphatic carbocycles. The van der Waals surface area contributed by atoms with Crippen molar-refractivity contribution in [2.45, 2.75) is 6.92 Å². The van der Waals surface area contributed by atoms with Gasteiger partial charge in [0.15, 0.2) is 0 Å². The van der Waals surface area contributed by atoms with Crippen molar-refractivity contribution in [3.8, 4) is 0 Å². The van der Waals surface area contributed by atoms with Gasteiger partial charge in [0, 0.05) is 22.4 Å². The van der Waals surface area contributed by atoms with Gasteiger partial charge in [-0.25, -0.2) is 5.43 Å². The lowest BCUT2D eigenvalue weighted by atomic mass is 10.1. The van der Waals surface area contributed by atoms with Crippen LogP contribution in [-0.4, -0.2) is 18.0 Å². The molecular weight excluding hydrogens is 386 g/mol. The third-order valence-corrected chi connectivity index (χ3v) is 4.88. The number of carbonyl (C=O) groups excluding carboxylic acids is 2. The summed E-state index contributed by atoms with van der Waals surface area (Å²) in [6, 6.07) is 28.0. The molecule has 0 saturated carbocycles. The van der Waals surface area contributed by atoms with E-state index in [-0.39, 0.29) is 11.8 Å². The highest BCUT2D eigenvalue weighted by Crippen LogP contribution is 2.17. The standard InChI is InChI=1S/C26H21N3O2/c1-18-6-4-9-21(16-18)25(30)28-23-14-12-20(13-15-23)26(31)29-27-17-22-10-5-8-19-7-2-3-11-24(19)22/h2-17H,1H3,(H,28,30)(H,29,31)/b27-17+. The van der Waals surface area contributed by atoms with Crippen molar-refractivity contribution in [1.82, 2.24) is 5.43 Å². The average molecular weight is 407 g/mol. The predicted molar refractivity (Wildman–Crippen MR) is 125 cm³/mol. The third-order valence-electron chi connectivity index (χ3n) is 4.88. The van der Waals surface area contributed by atoms with E-state index in [1.807, 2.05) is 67.6 Å². The van der Waals surface area contributed by atoms with Crippen LogP contribution in [0.1, 0.15) is 31.8 Å². The number of rotatable bonds is 5. The fourth-order valence-corrected chi connectivity index (χ4v) is 3.28. The van der Waals surface area contributed by atoms with E-state index in [4.69, 9.17) is 0 Å². The summed E-state index contributed by atoms with van der Waals surface area (Å²) in [4.78, 5) is 24.7. The molecule has 2 N–H and O–H groups in total. The number of hydrazone groups is 1. The fraction of sp³-hybridized carbons (Fsp3) is 0.0385. The maximum Gasteiger partial charge on any atom is 0.271 e. The highest BCUT2D eigenvalue weighted by molar-refractivity contribution is 6.05. The lowest BCUT2D eigenvalue weighted by Gasteiger charge is -2.07. The van der Waals surface area contributed by atoms with Crippen LogP contribution in [0, 0.1) is 6.92 Å². The van der Waals surface area contributed by atoms with Gasteiger partial charge in [-0.3, -0.25) is 9.59 Å². The molecule has 4 aromatic rings. The maximum atomic E-state index is 12.4. The Hall–Kier alpha value is -4.25. The number of benzene rings is 4. The molecule has 0 fully saturated rings. The van der Waals surface area contributed by atoms with Gasteiger partial charge in [-0.2, -0.15) is 5.10 Å². The van der Waals surface area contributed by atoms with Crippen LogP contribution in [0.15, 0.2) is 96.1 Å². The predicted octanol–water partition coefficient (Wildman–Crippen LogP) is 5.16. The number of nitrogens with zero attached hydrogens (tertiary/aromatic N) is 1. The van der Waals surface area contributed by atoms with Gasteiger partial charge in [-0.1, -0.05) is 60.2 Å². The molecule has 2 amide bonds. The number of fused-ring (bicyclic) bond motifs is 1. The Morgan fingerprint density at radius 3 is 2.32 bits per heavy atom. The molecule has 0 aliphatic heterocycles. The normalized spacial score (nSPS) is 10.9. The number of carbonyl (C=O) groups is 2. The van der Waals surface area contributed by atoms with Gasteiger partial charge >= 0.3 is 0 Å². The lowest BCUT2D eigenvalue weighted by molar-refractivity contribution is 0.0954. The minimum absolute atomic E-state index is 0.194. The van der Waals surface area contributed by atoms with Gasteiger partial charge in [0.05, 0.1) is 6.21 Å². The van der Waals surface area contributed by atoms with Crippen molar-refractivity contribution in [2.75, 3.05) is 5.32 Å². The topological polar surface area (TPSA) is 70.6 Å². The van der Waals surface area contributed by atoms with Gasteiger partial charge in [-0.05, 0) is 54.1 Å².